The van der Waals surface area contributed by atoms with Gasteiger partial charge >= 0.3 is 0 Å². The summed E-state index contributed by atoms with van der Waals surface area (Å²) in [6.45, 7) is 6.28. The number of fused-ring (bicyclic) bond motifs is 1. The number of nitrogens with one attached hydrogen (secondary N) is 1. The number of thioether (sulfide) groups is 1. The number of hydrogen-bond acceptors (Lipinski definition) is 8. The second-order valence-electron chi connectivity index (χ2n) is 8.41. The number of aromatic nitrogens is 3. The van der Waals surface area contributed by atoms with Crippen molar-refractivity contribution >= 4 is 23.5 Å². The molecule has 0 radical (unpaired) electrons. The molecule has 4 rings (SSSR count). The lowest BCUT2D eigenvalue weighted by molar-refractivity contribution is -0.118. The summed E-state index contributed by atoms with van der Waals surface area (Å²) in [5, 5.41) is 8.78. The van der Waals surface area contributed by atoms with E-state index >= 15 is 0 Å². The molecule has 166 valence electrons. The zero-order chi connectivity index (χ0) is 22.3. The minimum absolute atomic E-state index is 0.103. The summed E-state index contributed by atoms with van der Waals surface area (Å²) < 4.78 is 18.5. The van der Waals surface area contributed by atoms with Crippen LogP contribution in [0.5, 0.6) is 17.2 Å². The summed E-state index contributed by atoms with van der Waals surface area (Å²) in [5.74, 6) is 3.30. The molecule has 1 aliphatic carbocycles. The van der Waals surface area contributed by atoms with Crippen molar-refractivity contribution in [1.29, 1.82) is 0 Å². The average Bonchev–Trinajstić information content (AvgIpc) is 3.12. The number of methoxy groups -OCH3 is 3. The van der Waals surface area contributed by atoms with E-state index in [9.17, 15) is 4.79 Å². The molecule has 1 N–H and O–H groups in total. The number of anilines is 1. The average molecular weight is 445 g/mol. The van der Waals surface area contributed by atoms with E-state index in [1.807, 2.05) is 6.07 Å². The number of hydrogen-bond donors (Lipinski definition) is 1. The fourth-order valence-corrected chi connectivity index (χ4v) is 4.89. The maximum absolute atomic E-state index is 13.4. The van der Waals surface area contributed by atoms with Crippen LogP contribution in [0.4, 0.5) is 5.95 Å². The second kappa shape index (κ2) is 8.11. The van der Waals surface area contributed by atoms with Crippen molar-refractivity contribution in [2.24, 2.45) is 5.41 Å². The molecule has 1 aromatic heterocycles. The third kappa shape index (κ3) is 3.75. The minimum Gasteiger partial charge on any atom is -0.496 e. The highest BCUT2D eigenvalue weighted by atomic mass is 32.2. The number of allylic oxidation sites excluding steroid dienone is 2. The van der Waals surface area contributed by atoms with Crippen LogP contribution < -0.4 is 19.5 Å². The third-order valence-corrected chi connectivity index (χ3v) is 6.34. The first-order valence-corrected chi connectivity index (χ1v) is 11.2. The molecule has 9 heteroatoms. The van der Waals surface area contributed by atoms with Gasteiger partial charge in [-0.3, -0.25) is 4.79 Å². The summed E-state index contributed by atoms with van der Waals surface area (Å²) >= 11 is 1.56. The van der Waals surface area contributed by atoms with Crippen molar-refractivity contribution < 1.29 is 19.0 Å². The van der Waals surface area contributed by atoms with E-state index in [0.29, 0.717) is 40.3 Å². The van der Waals surface area contributed by atoms with Crippen molar-refractivity contribution in [3.63, 3.8) is 0 Å². The van der Waals surface area contributed by atoms with Crippen LogP contribution in [0.1, 0.15) is 45.2 Å². The van der Waals surface area contributed by atoms with Crippen LogP contribution >= 0.6 is 11.8 Å². The van der Waals surface area contributed by atoms with Crippen LogP contribution in [-0.2, 0) is 4.79 Å². The Morgan fingerprint density at radius 2 is 1.81 bits per heavy atom. The van der Waals surface area contributed by atoms with Gasteiger partial charge in [0.2, 0.25) is 11.1 Å². The van der Waals surface area contributed by atoms with Gasteiger partial charge in [-0.15, -0.1) is 5.10 Å². The molecule has 2 aliphatic rings. The lowest BCUT2D eigenvalue weighted by Gasteiger charge is -2.38. The van der Waals surface area contributed by atoms with Gasteiger partial charge in [-0.25, -0.2) is 4.68 Å². The van der Waals surface area contributed by atoms with Gasteiger partial charge in [0.05, 0.1) is 21.3 Å². The Hall–Kier alpha value is -2.68. The second-order valence-corrected chi connectivity index (χ2v) is 9.64. The molecule has 1 aromatic carbocycles. The zero-order valence-corrected chi connectivity index (χ0v) is 19.6. The number of rotatable bonds is 6. The third-order valence-electron chi connectivity index (χ3n) is 5.62. The summed E-state index contributed by atoms with van der Waals surface area (Å²) in [4.78, 5) is 18.1. The van der Waals surface area contributed by atoms with Crippen LogP contribution in [-0.4, -0.2) is 47.6 Å². The van der Waals surface area contributed by atoms with Crippen molar-refractivity contribution in [2.75, 3.05) is 32.4 Å². The zero-order valence-electron chi connectivity index (χ0n) is 18.7. The van der Waals surface area contributed by atoms with E-state index < -0.39 is 6.04 Å². The lowest BCUT2D eigenvalue weighted by atomic mass is 9.73. The highest BCUT2D eigenvalue weighted by Crippen LogP contribution is 2.49. The van der Waals surface area contributed by atoms with Crippen LogP contribution in [0.25, 0.3) is 0 Å². The van der Waals surface area contributed by atoms with Crippen LogP contribution in [0.3, 0.4) is 0 Å². The largest absolute Gasteiger partial charge is 0.496 e. The fourth-order valence-electron chi connectivity index (χ4n) is 4.33. The molecule has 8 nitrogen and oxygen atoms in total. The monoisotopic (exact) mass is 444 g/mol. The maximum atomic E-state index is 13.4. The predicted molar refractivity (Wildman–Crippen MR) is 119 cm³/mol. The Morgan fingerprint density at radius 1 is 1.13 bits per heavy atom. The Balaban J connectivity index is 1.96. The summed E-state index contributed by atoms with van der Waals surface area (Å²) in [6, 6.07) is 3.18. The highest BCUT2D eigenvalue weighted by Gasteiger charge is 2.43. The summed E-state index contributed by atoms with van der Waals surface area (Å²) in [6.07, 6.45) is 1.23. The van der Waals surface area contributed by atoms with Crippen LogP contribution in [0.15, 0.2) is 28.6 Å². The van der Waals surface area contributed by atoms with Crippen molar-refractivity contribution in [3.8, 4) is 17.2 Å². The SMILES string of the molecule is CCSc1nc2n(n1)[C@@H](c1cc(OC)c(OC)cc1OC)C1=C(CC(C)(C)CC1=O)N2. The molecule has 0 spiro atoms. The number of benzene rings is 1. The number of ketones is 1. The molecular weight excluding hydrogens is 416 g/mol. The van der Waals surface area contributed by atoms with Gasteiger partial charge in [-0.1, -0.05) is 32.5 Å². The maximum Gasteiger partial charge on any atom is 0.227 e. The van der Waals surface area contributed by atoms with Gasteiger partial charge in [0.15, 0.2) is 17.3 Å². The minimum atomic E-state index is -0.469. The quantitative estimate of drug-likeness (QED) is 0.667. The van der Waals surface area contributed by atoms with Gasteiger partial charge in [0.25, 0.3) is 0 Å². The van der Waals surface area contributed by atoms with E-state index in [2.05, 4.69) is 31.1 Å². The molecule has 0 bridgehead atoms. The molecule has 0 fully saturated rings. The Morgan fingerprint density at radius 3 is 2.45 bits per heavy atom. The van der Waals surface area contributed by atoms with Gasteiger partial charge in [-0.2, -0.15) is 4.98 Å². The van der Waals surface area contributed by atoms with Crippen molar-refractivity contribution in [2.45, 2.75) is 44.8 Å². The van der Waals surface area contributed by atoms with Gasteiger partial charge < -0.3 is 19.5 Å². The van der Waals surface area contributed by atoms with E-state index in [4.69, 9.17) is 19.3 Å². The normalized spacial score (nSPS) is 19.4. The first-order valence-electron chi connectivity index (χ1n) is 10.2. The Labute approximate surface area is 186 Å². The number of carbonyl (C=O) groups is 1. The molecule has 31 heavy (non-hydrogen) atoms. The lowest BCUT2D eigenvalue weighted by Crippen LogP contribution is -2.36. The molecule has 0 unspecified atom stereocenters. The van der Waals surface area contributed by atoms with Crippen LogP contribution in [0.2, 0.25) is 0 Å². The number of nitrogens with zero attached hydrogens (tertiary/aromatic N) is 3. The number of Topliss-reactive ketones (excluding diaryl/α,β-unsaturated/α-hetero) is 1. The van der Waals surface area contributed by atoms with Crippen LogP contribution in [0, 0.1) is 5.41 Å². The molecular formula is C22H28N4O4S. The molecule has 2 heterocycles. The topological polar surface area (TPSA) is 87.5 Å². The molecule has 1 aliphatic heterocycles. The molecule has 0 saturated carbocycles. The fraction of sp³-hybridized carbons (Fsp3) is 0.500. The van der Waals surface area contributed by atoms with E-state index in [0.717, 1.165) is 23.4 Å². The summed E-state index contributed by atoms with van der Waals surface area (Å²) in [5.41, 5.74) is 2.26. The molecule has 0 amide bonds. The molecule has 1 atom stereocenters. The highest BCUT2D eigenvalue weighted by molar-refractivity contribution is 7.99. The van der Waals surface area contributed by atoms with Gasteiger partial charge in [-0.05, 0) is 23.7 Å². The standard InChI is InChI=1S/C22H28N4O4S/c1-7-31-21-24-20-23-13-10-22(2,3)11-14(27)18(13)19(26(20)25-21)12-8-16(29-5)17(30-6)9-15(12)28-4/h8-9,19H,7,10-11H2,1-6H3,(H,23,24,25)/t19-/m0/s1. The molecule has 0 saturated heterocycles. The van der Waals surface area contributed by atoms with E-state index in [1.54, 1.807) is 43.8 Å². The first kappa shape index (κ1) is 21.5. The van der Waals surface area contributed by atoms with Crippen molar-refractivity contribution in [3.05, 3.63) is 29.0 Å². The smallest absolute Gasteiger partial charge is 0.227 e. The van der Waals surface area contributed by atoms with Gasteiger partial charge in [0.1, 0.15) is 11.8 Å². The van der Waals surface area contributed by atoms with E-state index in [1.165, 1.54) is 0 Å². The summed E-state index contributed by atoms with van der Waals surface area (Å²) in [7, 11) is 4.78. The Kier molecular flexibility index (Phi) is 5.63. The molecule has 2 aromatic rings. The van der Waals surface area contributed by atoms with Gasteiger partial charge in [0, 0.05) is 29.3 Å². The number of ether oxygens (including phenoxy) is 3. The first-order chi connectivity index (χ1) is 14.8. The van der Waals surface area contributed by atoms with E-state index in [-0.39, 0.29) is 11.2 Å². The van der Waals surface area contributed by atoms with Crippen molar-refractivity contribution in [1.82, 2.24) is 14.8 Å². The number of carbonyl (C=O) groups excluding carboxylic acids is 1. The Bertz CT molecular complexity index is 1060. The predicted octanol–water partition coefficient (Wildman–Crippen LogP) is 4.07.